The van der Waals surface area contributed by atoms with Gasteiger partial charge in [-0.05, 0) is 87.8 Å². The molecule has 43 heavy (non-hydrogen) atoms. The second-order valence-corrected chi connectivity index (χ2v) is 15.4. The molecular weight excluding hydrogens is 617 g/mol. The van der Waals surface area contributed by atoms with Crippen molar-refractivity contribution >= 4 is 56.7 Å². The lowest BCUT2D eigenvalue weighted by atomic mass is 9.99. The van der Waals surface area contributed by atoms with Crippen LogP contribution in [0.2, 0.25) is 0 Å². The highest BCUT2D eigenvalue weighted by Crippen LogP contribution is 2.45. The fourth-order valence-electron chi connectivity index (χ4n) is 5.17. The van der Waals surface area contributed by atoms with Crippen LogP contribution in [-0.4, -0.2) is 0 Å². The maximum absolute atomic E-state index is 2.28. The highest BCUT2D eigenvalue weighted by molar-refractivity contribution is 7.29. The number of hydrogen-bond donors (Lipinski definition) is 0. The molecule has 3 aromatic carbocycles. The fourth-order valence-corrected chi connectivity index (χ4v) is 10.3. The lowest BCUT2D eigenvalue weighted by Crippen LogP contribution is -1.81. The summed E-state index contributed by atoms with van der Waals surface area (Å²) in [5.74, 6) is 0. The number of thiophene rings is 5. The summed E-state index contributed by atoms with van der Waals surface area (Å²) in [5.41, 5.74) is 6.23. The molecule has 0 aliphatic rings. The summed E-state index contributed by atoms with van der Waals surface area (Å²) in [6, 6.07) is 50.8. The molecule has 8 aromatic rings. The van der Waals surface area contributed by atoms with Gasteiger partial charge in [0.2, 0.25) is 0 Å². The predicted molar refractivity (Wildman–Crippen MR) is 194 cm³/mol. The van der Waals surface area contributed by atoms with Gasteiger partial charge in [0, 0.05) is 43.9 Å². The molecular formula is C38H24S5. The second kappa shape index (κ2) is 11.7. The fraction of sp³-hybridized carbons (Fsp3) is 0. The van der Waals surface area contributed by atoms with Crippen LogP contribution in [0.15, 0.2) is 145 Å². The minimum absolute atomic E-state index is 1.24. The Bertz CT molecular complexity index is 2100. The van der Waals surface area contributed by atoms with E-state index in [1.54, 1.807) is 11.3 Å². The molecule has 0 aliphatic heterocycles. The van der Waals surface area contributed by atoms with Gasteiger partial charge in [-0.2, -0.15) is 0 Å². The molecule has 0 saturated heterocycles. The first-order valence-electron chi connectivity index (χ1n) is 14.0. The SMILES string of the molecule is c1ccc(-c2ccc(-c3ccc(-c4ccc(-c5ccc(-c6ccc(-c7ccc(-c8cccs8)s7)s6)s5)s4)cc3)cc2)cc1. The summed E-state index contributed by atoms with van der Waals surface area (Å²) in [6.07, 6.45) is 0. The van der Waals surface area contributed by atoms with Gasteiger partial charge in [-0.3, -0.25) is 0 Å². The van der Waals surface area contributed by atoms with E-state index in [1.807, 2.05) is 45.3 Å². The van der Waals surface area contributed by atoms with Crippen LogP contribution in [0.3, 0.4) is 0 Å². The molecule has 0 unspecified atom stereocenters. The quantitative estimate of drug-likeness (QED) is 0.163. The van der Waals surface area contributed by atoms with Gasteiger partial charge < -0.3 is 0 Å². The van der Waals surface area contributed by atoms with Crippen LogP contribution < -0.4 is 0 Å². The van der Waals surface area contributed by atoms with E-state index in [9.17, 15) is 0 Å². The van der Waals surface area contributed by atoms with Gasteiger partial charge in [-0.25, -0.2) is 0 Å². The molecule has 0 nitrogen and oxygen atoms in total. The van der Waals surface area contributed by atoms with Crippen LogP contribution in [-0.2, 0) is 0 Å². The van der Waals surface area contributed by atoms with Crippen molar-refractivity contribution in [1.29, 1.82) is 0 Å². The van der Waals surface area contributed by atoms with Crippen molar-refractivity contribution in [3.63, 3.8) is 0 Å². The van der Waals surface area contributed by atoms with Crippen molar-refractivity contribution in [3.8, 4) is 71.7 Å². The van der Waals surface area contributed by atoms with Crippen molar-refractivity contribution in [2.75, 3.05) is 0 Å². The first-order chi connectivity index (χ1) is 21.3. The summed E-state index contributed by atoms with van der Waals surface area (Å²) in [6.45, 7) is 0. The average Bonchev–Trinajstić information content (AvgIpc) is 3.90. The molecule has 0 amide bonds. The minimum Gasteiger partial charge on any atom is -0.143 e. The van der Waals surface area contributed by atoms with E-state index < -0.39 is 0 Å². The van der Waals surface area contributed by atoms with Crippen molar-refractivity contribution in [2.24, 2.45) is 0 Å². The van der Waals surface area contributed by atoms with Crippen molar-refractivity contribution in [3.05, 3.63) is 145 Å². The van der Waals surface area contributed by atoms with Gasteiger partial charge >= 0.3 is 0 Å². The zero-order valence-corrected chi connectivity index (χ0v) is 27.0. The number of hydrogen-bond acceptors (Lipinski definition) is 5. The molecule has 5 aromatic heterocycles. The first kappa shape index (κ1) is 26.8. The lowest BCUT2D eigenvalue weighted by molar-refractivity contribution is 1.59. The second-order valence-electron chi connectivity index (χ2n) is 10.2. The molecule has 0 spiro atoms. The Balaban J connectivity index is 0.971. The highest BCUT2D eigenvalue weighted by atomic mass is 32.1. The maximum Gasteiger partial charge on any atom is 0.0449 e. The summed E-state index contributed by atoms with van der Waals surface area (Å²) in [5, 5.41) is 2.14. The average molecular weight is 641 g/mol. The molecule has 5 heteroatoms. The van der Waals surface area contributed by atoms with Crippen LogP contribution in [0, 0.1) is 0 Å². The molecule has 0 radical (unpaired) electrons. The topological polar surface area (TPSA) is 0 Å². The third kappa shape index (κ3) is 5.51. The zero-order chi connectivity index (χ0) is 28.6. The highest BCUT2D eigenvalue weighted by Gasteiger charge is 2.13. The largest absolute Gasteiger partial charge is 0.143 e. The van der Waals surface area contributed by atoms with Crippen LogP contribution in [0.25, 0.3) is 71.7 Å². The Labute approximate surface area is 271 Å². The number of benzene rings is 3. The Morgan fingerprint density at radius 2 is 0.581 bits per heavy atom. The van der Waals surface area contributed by atoms with Gasteiger partial charge in [0.15, 0.2) is 0 Å². The Kier molecular flexibility index (Phi) is 7.27. The van der Waals surface area contributed by atoms with E-state index in [-0.39, 0.29) is 0 Å². The van der Waals surface area contributed by atoms with Crippen molar-refractivity contribution < 1.29 is 0 Å². The smallest absolute Gasteiger partial charge is 0.0449 e. The predicted octanol–water partition coefficient (Wildman–Crippen LogP) is 13.7. The standard InChI is InChI=1S/C38H24S5/c1-2-5-25(6-3-1)26-8-10-27(11-9-26)28-12-14-29(15-13-28)30-16-17-33(40-30)34-20-21-37(42-34)38-23-22-36(43-38)35-19-18-32(41-35)31-7-4-24-39-31/h1-24H. The van der Waals surface area contributed by atoms with Gasteiger partial charge in [0.05, 0.1) is 0 Å². The Morgan fingerprint density at radius 3 is 1.00 bits per heavy atom. The molecule has 0 bridgehead atoms. The molecule has 0 aliphatic carbocycles. The van der Waals surface area contributed by atoms with Crippen LogP contribution in [0.4, 0.5) is 0 Å². The third-order valence-electron chi connectivity index (χ3n) is 7.41. The first-order valence-corrected chi connectivity index (χ1v) is 18.1. The molecule has 206 valence electrons. The van der Waals surface area contributed by atoms with Gasteiger partial charge in [0.25, 0.3) is 0 Å². The Hall–Kier alpha value is -3.84. The van der Waals surface area contributed by atoms with Gasteiger partial charge in [0.1, 0.15) is 0 Å². The van der Waals surface area contributed by atoms with Crippen LogP contribution in [0.1, 0.15) is 0 Å². The molecule has 8 rings (SSSR count). The van der Waals surface area contributed by atoms with Crippen LogP contribution >= 0.6 is 56.7 Å². The van der Waals surface area contributed by atoms with Gasteiger partial charge in [-0.15, -0.1) is 56.7 Å². The van der Waals surface area contributed by atoms with Crippen LogP contribution in [0.5, 0.6) is 0 Å². The van der Waals surface area contributed by atoms with Crippen molar-refractivity contribution in [1.82, 2.24) is 0 Å². The molecule has 0 atom stereocenters. The van der Waals surface area contributed by atoms with E-state index >= 15 is 0 Å². The van der Waals surface area contributed by atoms with Crippen molar-refractivity contribution in [2.45, 2.75) is 0 Å². The lowest BCUT2D eigenvalue weighted by Gasteiger charge is -2.06. The number of rotatable bonds is 7. The monoisotopic (exact) mass is 640 g/mol. The van der Waals surface area contributed by atoms with E-state index in [4.69, 9.17) is 0 Å². The summed E-state index contributed by atoms with van der Waals surface area (Å²) in [7, 11) is 0. The summed E-state index contributed by atoms with van der Waals surface area (Å²) in [4.78, 5) is 12.0. The minimum atomic E-state index is 1.24. The van der Waals surface area contributed by atoms with E-state index in [0.29, 0.717) is 0 Å². The Morgan fingerprint density at radius 1 is 0.233 bits per heavy atom. The van der Waals surface area contributed by atoms with E-state index in [2.05, 4.69) is 145 Å². The molecule has 0 fully saturated rings. The normalized spacial score (nSPS) is 11.3. The molecule has 5 heterocycles. The maximum atomic E-state index is 2.28. The summed E-state index contributed by atoms with van der Waals surface area (Å²) >= 11 is 9.32. The molecule has 0 N–H and O–H groups in total. The third-order valence-corrected chi connectivity index (χ3v) is 13.5. The zero-order valence-electron chi connectivity index (χ0n) is 22.9. The molecule has 0 saturated carbocycles. The summed E-state index contributed by atoms with van der Waals surface area (Å²) < 4.78 is 0. The van der Waals surface area contributed by atoms with E-state index in [1.165, 1.54) is 71.7 Å². The van der Waals surface area contributed by atoms with Gasteiger partial charge in [-0.1, -0.05) is 84.9 Å². The van der Waals surface area contributed by atoms with E-state index in [0.717, 1.165) is 0 Å².